The van der Waals surface area contributed by atoms with E-state index >= 15 is 0 Å². The van der Waals surface area contributed by atoms with Crippen LogP contribution in [-0.4, -0.2) is 49.1 Å². The number of hydrogen-bond donors (Lipinski definition) is 1. The van der Waals surface area contributed by atoms with E-state index in [1.807, 2.05) is 19.0 Å². The van der Waals surface area contributed by atoms with Gasteiger partial charge in [-0.1, -0.05) is 0 Å². The number of nitrogens with zero attached hydrogens (tertiary/aromatic N) is 4. The average molecular weight is 317 g/mol. The fourth-order valence-electron chi connectivity index (χ4n) is 3.55. The number of carbonyl (C=O) groups excluding carboxylic acids is 1. The first-order valence-electron chi connectivity index (χ1n) is 8.63. The molecule has 0 unspecified atom stereocenters. The Morgan fingerprint density at radius 2 is 1.87 bits per heavy atom. The van der Waals surface area contributed by atoms with Crippen LogP contribution in [0.4, 0.5) is 11.8 Å². The van der Waals surface area contributed by atoms with E-state index in [0.29, 0.717) is 6.04 Å². The molecule has 23 heavy (non-hydrogen) atoms. The summed E-state index contributed by atoms with van der Waals surface area (Å²) in [7, 11) is 3.99. The maximum absolute atomic E-state index is 11.2. The predicted octanol–water partition coefficient (Wildman–Crippen LogP) is 1.53. The summed E-state index contributed by atoms with van der Waals surface area (Å²) >= 11 is 0. The number of aromatic nitrogens is 2. The van der Waals surface area contributed by atoms with Gasteiger partial charge < -0.3 is 15.1 Å². The Morgan fingerprint density at radius 1 is 1.17 bits per heavy atom. The summed E-state index contributed by atoms with van der Waals surface area (Å²) in [4.78, 5) is 25.2. The number of piperidine rings is 1. The number of fused-ring (bicyclic) bond motifs is 1. The maximum Gasteiger partial charge on any atom is 0.227 e. The van der Waals surface area contributed by atoms with Gasteiger partial charge in [-0.3, -0.25) is 4.79 Å². The van der Waals surface area contributed by atoms with Gasteiger partial charge in [-0.05, 0) is 38.5 Å². The van der Waals surface area contributed by atoms with Gasteiger partial charge in [0.1, 0.15) is 5.82 Å². The molecule has 2 heterocycles. The Balaban J connectivity index is 1.82. The first kappa shape index (κ1) is 16.0. The lowest BCUT2D eigenvalue weighted by Gasteiger charge is -2.35. The van der Waals surface area contributed by atoms with Crippen LogP contribution in [0.2, 0.25) is 0 Å². The number of hydrogen-bond acceptors (Lipinski definition) is 5. The molecule has 1 aliphatic carbocycles. The van der Waals surface area contributed by atoms with Gasteiger partial charge in [0.2, 0.25) is 11.9 Å². The van der Waals surface area contributed by atoms with Crippen LogP contribution >= 0.6 is 0 Å². The number of nitrogens with one attached hydrogen (secondary N) is 1. The molecule has 1 amide bonds. The standard InChI is InChI=1S/C17H27N5O/c1-12(23)18-13-8-10-22(11-9-13)16-14-6-4-5-7-15(14)19-17(20-16)21(2)3/h13H,4-11H2,1-3H3,(H,18,23). The smallest absolute Gasteiger partial charge is 0.227 e. The number of aryl methyl sites for hydroxylation is 1. The first-order chi connectivity index (χ1) is 11.0. The van der Waals surface area contributed by atoms with Gasteiger partial charge >= 0.3 is 0 Å². The van der Waals surface area contributed by atoms with E-state index in [2.05, 4.69) is 10.2 Å². The zero-order chi connectivity index (χ0) is 16.4. The number of anilines is 2. The molecule has 6 heteroatoms. The molecule has 126 valence electrons. The fourth-order valence-corrected chi connectivity index (χ4v) is 3.55. The van der Waals surface area contributed by atoms with Gasteiger partial charge in [0, 0.05) is 45.7 Å². The summed E-state index contributed by atoms with van der Waals surface area (Å²) in [6.45, 7) is 3.49. The largest absolute Gasteiger partial charge is 0.356 e. The summed E-state index contributed by atoms with van der Waals surface area (Å²) in [6.07, 6.45) is 6.57. The minimum atomic E-state index is 0.0674. The molecule has 1 N–H and O–H groups in total. The number of carbonyl (C=O) groups is 1. The quantitative estimate of drug-likeness (QED) is 0.916. The third-order valence-electron chi connectivity index (χ3n) is 4.75. The highest BCUT2D eigenvalue weighted by molar-refractivity contribution is 5.73. The van der Waals surface area contributed by atoms with E-state index in [1.54, 1.807) is 6.92 Å². The highest BCUT2D eigenvalue weighted by Gasteiger charge is 2.26. The van der Waals surface area contributed by atoms with Crippen molar-refractivity contribution in [2.75, 3.05) is 37.0 Å². The van der Waals surface area contributed by atoms with Crippen LogP contribution in [0, 0.1) is 0 Å². The van der Waals surface area contributed by atoms with E-state index in [-0.39, 0.29) is 5.91 Å². The predicted molar refractivity (Wildman–Crippen MR) is 92.1 cm³/mol. The van der Waals surface area contributed by atoms with E-state index in [0.717, 1.165) is 50.5 Å². The summed E-state index contributed by atoms with van der Waals surface area (Å²) < 4.78 is 0. The van der Waals surface area contributed by atoms with Crippen molar-refractivity contribution >= 4 is 17.7 Å². The second-order valence-corrected chi connectivity index (χ2v) is 6.84. The van der Waals surface area contributed by atoms with Crippen LogP contribution < -0.4 is 15.1 Å². The zero-order valence-corrected chi connectivity index (χ0v) is 14.4. The van der Waals surface area contributed by atoms with Crippen molar-refractivity contribution in [3.63, 3.8) is 0 Å². The van der Waals surface area contributed by atoms with Gasteiger partial charge in [-0.25, -0.2) is 4.98 Å². The van der Waals surface area contributed by atoms with Crippen molar-refractivity contribution in [2.45, 2.75) is 51.5 Å². The maximum atomic E-state index is 11.2. The minimum absolute atomic E-state index is 0.0674. The Morgan fingerprint density at radius 3 is 2.52 bits per heavy atom. The van der Waals surface area contributed by atoms with Crippen molar-refractivity contribution in [1.29, 1.82) is 0 Å². The third-order valence-corrected chi connectivity index (χ3v) is 4.75. The van der Waals surface area contributed by atoms with Crippen molar-refractivity contribution in [1.82, 2.24) is 15.3 Å². The van der Waals surface area contributed by atoms with Crippen LogP contribution in [0.1, 0.15) is 43.9 Å². The monoisotopic (exact) mass is 317 g/mol. The molecule has 1 aliphatic heterocycles. The second-order valence-electron chi connectivity index (χ2n) is 6.84. The molecule has 2 aliphatic rings. The molecule has 0 radical (unpaired) electrons. The summed E-state index contributed by atoms with van der Waals surface area (Å²) in [6, 6.07) is 0.301. The van der Waals surface area contributed by atoms with Gasteiger partial charge in [0.25, 0.3) is 0 Å². The topological polar surface area (TPSA) is 61.4 Å². The molecule has 3 rings (SSSR count). The van der Waals surface area contributed by atoms with Gasteiger partial charge in [0.15, 0.2) is 0 Å². The van der Waals surface area contributed by atoms with Crippen molar-refractivity contribution < 1.29 is 4.79 Å². The van der Waals surface area contributed by atoms with Gasteiger partial charge in [-0.15, -0.1) is 0 Å². The Bertz CT molecular complexity index is 579. The van der Waals surface area contributed by atoms with Crippen LogP contribution in [-0.2, 0) is 17.6 Å². The number of rotatable bonds is 3. The van der Waals surface area contributed by atoms with Crippen LogP contribution in [0.3, 0.4) is 0 Å². The molecule has 1 aromatic heterocycles. The lowest BCUT2D eigenvalue weighted by atomic mass is 9.95. The fraction of sp³-hybridized carbons (Fsp3) is 0.706. The lowest BCUT2D eigenvalue weighted by molar-refractivity contribution is -0.119. The molecular weight excluding hydrogens is 290 g/mol. The molecule has 1 aromatic rings. The normalized spacial score (nSPS) is 18.5. The van der Waals surface area contributed by atoms with E-state index < -0.39 is 0 Å². The van der Waals surface area contributed by atoms with Crippen molar-refractivity contribution in [3.8, 4) is 0 Å². The molecule has 0 saturated carbocycles. The summed E-state index contributed by atoms with van der Waals surface area (Å²) in [5, 5.41) is 3.04. The number of amides is 1. The Hall–Kier alpha value is -1.85. The van der Waals surface area contributed by atoms with Crippen LogP contribution in [0.5, 0.6) is 0 Å². The summed E-state index contributed by atoms with van der Waals surface area (Å²) in [5.41, 5.74) is 2.58. The molecule has 1 fully saturated rings. The molecule has 6 nitrogen and oxygen atoms in total. The van der Waals surface area contributed by atoms with Gasteiger partial charge in [-0.2, -0.15) is 4.98 Å². The van der Waals surface area contributed by atoms with E-state index in [9.17, 15) is 4.79 Å². The van der Waals surface area contributed by atoms with Crippen molar-refractivity contribution in [3.05, 3.63) is 11.3 Å². The lowest BCUT2D eigenvalue weighted by Crippen LogP contribution is -2.44. The van der Waals surface area contributed by atoms with E-state index in [4.69, 9.17) is 9.97 Å². The zero-order valence-electron chi connectivity index (χ0n) is 14.4. The van der Waals surface area contributed by atoms with Crippen LogP contribution in [0.25, 0.3) is 0 Å². The molecule has 0 aromatic carbocycles. The third kappa shape index (κ3) is 3.57. The van der Waals surface area contributed by atoms with Gasteiger partial charge in [0.05, 0.1) is 5.69 Å². The SMILES string of the molecule is CC(=O)NC1CCN(c2nc(N(C)C)nc3c2CCCC3)CC1. The molecule has 1 saturated heterocycles. The molecular formula is C17H27N5O. The Kier molecular flexibility index (Phi) is 4.68. The highest BCUT2D eigenvalue weighted by atomic mass is 16.1. The molecule has 0 atom stereocenters. The van der Waals surface area contributed by atoms with E-state index in [1.165, 1.54) is 24.1 Å². The molecule has 0 bridgehead atoms. The highest BCUT2D eigenvalue weighted by Crippen LogP contribution is 2.31. The van der Waals surface area contributed by atoms with Crippen LogP contribution in [0.15, 0.2) is 0 Å². The average Bonchev–Trinajstić information content (AvgIpc) is 2.54. The minimum Gasteiger partial charge on any atom is -0.356 e. The summed E-state index contributed by atoms with van der Waals surface area (Å²) in [5.74, 6) is 2.00. The first-order valence-corrected chi connectivity index (χ1v) is 8.63. The Labute approximate surface area is 138 Å². The second kappa shape index (κ2) is 6.72. The molecule has 0 spiro atoms. The van der Waals surface area contributed by atoms with Crippen molar-refractivity contribution in [2.24, 2.45) is 0 Å².